The molecule has 0 heterocycles. The second-order valence-electron chi connectivity index (χ2n) is 2.64. The van der Waals surface area contributed by atoms with Gasteiger partial charge in [0.2, 0.25) is 0 Å². The molecule has 0 saturated carbocycles. The van der Waals surface area contributed by atoms with Crippen LogP contribution in [0.1, 0.15) is 19.8 Å². The van der Waals surface area contributed by atoms with Crippen molar-refractivity contribution in [3.8, 4) is 0 Å². The molecule has 0 aromatic carbocycles. The molecule has 0 saturated heterocycles. The van der Waals surface area contributed by atoms with Gasteiger partial charge in [0.15, 0.2) is 15.1 Å². The van der Waals surface area contributed by atoms with E-state index in [9.17, 15) is 17.6 Å². The van der Waals surface area contributed by atoms with Crippen molar-refractivity contribution in [2.75, 3.05) is 12.4 Å². The average molecular weight is 212 g/mol. The topological polar surface area (TPSA) is 71.4 Å². The Labute approximate surface area is 76.7 Å². The van der Waals surface area contributed by atoms with E-state index in [0.29, 0.717) is 0 Å². The summed E-state index contributed by atoms with van der Waals surface area (Å²) in [5.41, 5.74) is 0. The fraction of sp³-hybridized carbons (Fsp3) is 0.857. The number of carboxylic acids is 1. The molecule has 13 heavy (non-hydrogen) atoms. The third-order valence-corrected chi connectivity index (χ3v) is 3.90. The largest absolute Gasteiger partial charge is 0.480 e. The maximum Gasteiger partial charge on any atom is 0.321 e. The number of sulfone groups is 1. The van der Waals surface area contributed by atoms with Crippen LogP contribution in [0.3, 0.4) is 0 Å². The smallest absolute Gasteiger partial charge is 0.321 e. The van der Waals surface area contributed by atoms with E-state index in [1.807, 2.05) is 0 Å². The summed E-state index contributed by atoms with van der Waals surface area (Å²) in [7, 11) is -3.67. The minimum atomic E-state index is -3.67. The van der Waals surface area contributed by atoms with Crippen LogP contribution < -0.4 is 0 Å². The zero-order valence-corrected chi connectivity index (χ0v) is 8.18. The molecule has 0 spiro atoms. The van der Waals surface area contributed by atoms with E-state index in [1.54, 1.807) is 0 Å². The van der Waals surface area contributed by atoms with Gasteiger partial charge in [0.05, 0.1) is 12.4 Å². The molecule has 0 aliphatic rings. The molecule has 0 radical (unpaired) electrons. The lowest BCUT2D eigenvalue weighted by Crippen LogP contribution is -2.31. The highest BCUT2D eigenvalue weighted by molar-refractivity contribution is 7.92. The lowest BCUT2D eigenvalue weighted by atomic mass is 10.3. The molecular formula is C7H13FO4S. The van der Waals surface area contributed by atoms with Gasteiger partial charge in [0.25, 0.3) is 0 Å². The zero-order valence-electron chi connectivity index (χ0n) is 7.36. The van der Waals surface area contributed by atoms with E-state index in [2.05, 4.69) is 0 Å². The maximum absolute atomic E-state index is 11.7. The second-order valence-corrected chi connectivity index (χ2v) is 4.95. The first-order chi connectivity index (χ1) is 5.95. The molecule has 0 aliphatic heterocycles. The first kappa shape index (κ1) is 12.3. The minimum absolute atomic E-state index is 0.0178. The van der Waals surface area contributed by atoms with Crippen molar-refractivity contribution in [2.45, 2.75) is 25.0 Å². The number of hydrogen-bond donors (Lipinski definition) is 1. The SMILES string of the molecule is CCC(C(=O)O)S(=O)(=O)CCCF. The molecular weight excluding hydrogens is 199 g/mol. The van der Waals surface area contributed by atoms with E-state index >= 15 is 0 Å². The average Bonchev–Trinajstić information content (AvgIpc) is 2.01. The zero-order chi connectivity index (χ0) is 10.5. The van der Waals surface area contributed by atoms with Crippen LogP contribution in [0.4, 0.5) is 4.39 Å². The Morgan fingerprint density at radius 3 is 2.38 bits per heavy atom. The Morgan fingerprint density at radius 2 is 2.08 bits per heavy atom. The van der Waals surface area contributed by atoms with Crippen LogP contribution in [0, 0.1) is 0 Å². The highest BCUT2D eigenvalue weighted by Crippen LogP contribution is 2.08. The van der Waals surface area contributed by atoms with Gasteiger partial charge in [-0.1, -0.05) is 6.92 Å². The van der Waals surface area contributed by atoms with Crippen LogP contribution in [0.2, 0.25) is 0 Å². The van der Waals surface area contributed by atoms with Crippen LogP contribution in [0.5, 0.6) is 0 Å². The molecule has 0 fully saturated rings. The Morgan fingerprint density at radius 1 is 1.54 bits per heavy atom. The summed E-state index contributed by atoms with van der Waals surface area (Å²) in [5.74, 6) is -1.75. The van der Waals surface area contributed by atoms with Crippen LogP contribution in [-0.2, 0) is 14.6 Å². The van der Waals surface area contributed by atoms with Crippen molar-refractivity contribution in [2.24, 2.45) is 0 Å². The van der Waals surface area contributed by atoms with Gasteiger partial charge in [-0.05, 0) is 12.8 Å². The van der Waals surface area contributed by atoms with Gasteiger partial charge in [-0.25, -0.2) is 8.42 Å². The molecule has 0 aliphatic carbocycles. The van der Waals surface area contributed by atoms with E-state index in [-0.39, 0.29) is 12.8 Å². The molecule has 1 N–H and O–H groups in total. The van der Waals surface area contributed by atoms with Crippen molar-refractivity contribution in [1.82, 2.24) is 0 Å². The molecule has 4 nitrogen and oxygen atoms in total. The summed E-state index contributed by atoms with van der Waals surface area (Å²) in [6.45, 7) is 0.737. The third-order valence-electron chi connectivity index (χ3n) is 1.64. The molecule has 1 atom stereocenters. The summed E-state index contributed by atoms with van der Waals surface area (Å²) >= 11 is 0. The number of rotatable bonds is 6. The number of hydrogen-bond acceptors (Lipinski definition) is 3. The standard InChI is InChI=1S/C7H13FO4S/c1-2-6(7(9)10)13(11,12)5-3-4-8/h6H,2-5H2,1H3,(H,9,10). The van der Waals surface area contributed by atoms with Crippen molar-refractivity contribution in [3.05, 3.63) is 0 Å². The molecule has 78 valence electrons. The van der Waals surface area contributed by atoms with Gasteiger partial charge in [-0.2, -0.15) is 0 Å². The predicted molar refractivity (Wildman–Crippen MR) is 46.1 cm³/mol. The van der Waals surface area contributed by atoms with Gasteiger partial charge in [-0.3, -0.25) is 9.18 Å². The van der Waals surface area contributed by atoms with Crippen LogP contribution >= 0.6 is 0 Å². The Balaban J connectivity index is 4.49. The summed E-state index contributed by atoms with van der Waals surface area (Å²) < 4.78 is 34.1. The normalized spacial score (nSPS) is 14.0. The van der Waals surface area contributed by atoms with Crippen molar-refractivity contribution < 1.29 is 22.7 Å². The number of aliphatic carboxylic acids is 1. The Bertz CT molecular complexity index is 260. The summed E-state index contributed by atoms with van der Waals surface area (Å²) in [6.07, 6.45) is -0.115. The quantitative estimate of drug-likeness (QED) is 0.700. The predicted octanol–water partition coefficient (Wildman–Crippen LogP) is 0.624. The van der Waals surface area contributed by atoms with Gasteiger partial charge in [0.1, 0.15) is 0 Å². The first-order valence-electron chi connectivity index (χ1n) is 3.96. The van der Waals surface area contributed by atoms with Crippen molar-refractivity contribution in [3.63, 3.8) is 0 Å². The number of alkyl halides is 1. The van der Waals surface area contributed by atoms with Gasteiger partial charge >= 0.3 is 5.97 Å². The summed E-state index contributed by atoms with van der Waals surface area (Å²) in [6, 6.07) is 0. The van der Waals surface area contributed by atoms with E-state index in [0.717, 1.165) is 0 Å². The fourth-order valence-corrected chi connectivity index (χ4v) is 2.59. The Kier molecular flexibility index (Phi) is 4.90. The summed E-state index contributed by atoms with van der Waals surface area (Å²) in [4.78, 5) is 10.5. The molecule has 0 aromatic rings. The van der Waals surface area contributed by atoms with Gasteiger partial charge < -0.3 is 5.11 Å². The van der Waals surface area contributed by atoms with Crippen LogP contribution in [0.15, 0.2) is 0 Å². The van der Waals surface area contributed by atoms with Crippen molar-refractivity contribution >= 4 is 15.8 Å². The van der Waals surface area contributed by atoms with Crippen LogP contribution in [-0.4, -0.2) is 37.2 Å². The number of carbonyl (C=O) groups is 1. The van der Waals surface area contributed by atoms with Crippen molar-refractivity contribution in [1.29, 1.82) is 0 Å². The summed E-state index contributed by atoms with van der Waals surface area (Å²) in [5, 5.41) is 7.15. The molecule has 6 heteroatoms. The molecule has 0 amide bonds. The molecule has 0 aromatic heterocycles. The minimum Gasteiger partial charge on any atom is -0.480 e. The molecule has 0 rings (SSSR count). The number of halogens is 1. The van der Waals surface area contributed by atoms with Gasteiger partial charge in [0, 0.05) is 0 Å². The van der Waals surface area contributed by atoms with E-state index in [1.165, 1.54) is 6.92 Å². The fourth-order valence-electron chi connectivity index (χ4n) is 0.980. The first-order valence-corrected chi connectivity index (χ1v) is 5.67. The second kappa shape index (κ2) is 5.16. The highest BCUT2D eigenvalue weighted by atomic mass is 32.2. The molecule has 0 bridgehead atoms. The van der Waals surface area contributed by atoms with Crippen LogP contribution in [0.25, 0.3) is 0 Å². The maximum atomic E-state index is 11.7. The highest BCUT2D eigenvalue weighted by Gasteiger charge is 2.29. The number of carboxylic acid groups (broad SMARTS) is 1. The third kappa shape index (κ3) is 3.71. The molecule has 1 unspecified atom stereocenters. The monoisotopic (exact) mass is 212 g/mol. The lowest BCUT2D eigenvalue weighted by Gasteiger charge is -2.09. The van der Waals surface area contributed by atoms with E-state index in [4.69, 9.17) is 5.11 Å². The Hall–Kier alpha value is -0.650. The van der Waals surface area contributed by atoms with Gasteiger partial charge in [-0.15, -0.1) is 0 Å². The lowest BCUT2D eigenvalue weighted by molar-refractivity contribution is -0.136. The van der Waals surface area contributed by atoms with E-state index < -0.39 is 33.5 Å².